The number of para-hydroxylation sites is 2. The fourth-order valence-corrected chi connectivity index (χ4v) is 4.34. The molecule has 0 bridgehead atoms. The largest absolute Gasteiger partial charge is 0.495 e. The number of ether oxygens (including phenoxy) is 1. The van der Waals surface area contributed by atoms with Crippen molar-refractivity contribution in [2.24, 2.45) is 0 Å². The molecule has 0 unspecified atom stereocenters. The van der Waals surface area contributed by atoms with Crippen molar-refractivity contribution in [2.45, 2.75) is 24.0 Å². The highest BCUT2D eigenvalue weighted by atomic mass is 32.2. The number of methoxy groups -OCH3 is 1. The zero-order chi connectivity index (χ0) is 20.3. The zero-order valence-electron chi connectivity index (χ0n) is 16.5. The minimum absolute atomic E-state index is 0.0758. The van der Waals surface area contributed by atoms with Crippen LogP contribution in [-0.4, -0.2) is 57.8 Å². The summed E-state index contributed by atoms with van der Waals surface area (Å²) in [4.78, 5) is 17.1. The molecule has 1 saturated heterocycles. The Morgan fingerprint density at radius 1 is 0.964 bits per heavy atom. The number of hydrogen-bond acceptors (Lipinski definition) is 5. The van der Waals surface area contributed by atoms with Gasteiger partial charge in [-0.1, -0.05) is 12.1 Å². The fourth-order valence-electron chi connectivity index (χ4n) is 3.28. The van der Waals surface area contributed by atoms with Gasteiger partial charge in [0, 0.05) is 31.7 Å². The van der Waals surface area contributed by atoms with Crippen LogP contribution in [0.4, 0.5) is 5.69 Å². The van der Waals surface area contributed by atoms with Crippen LogP contribution in [0.15, 0.2) is 53.4 Å². The number of benzene rings is 2. The summed E-state index contributed by atoms with van der Waals surface area (Å²) in [6.45, 7) is 5.93. The van der Waals surface area contributed by atoms with Crippen LogP contribution >= 0.6 is 0 Å². The van der Waals surface area contributed by atoms with Gasteiger partial charge in [-0.05, 0) is 50.2 Å². The molecule has 2 aromatic carbocycles. The quantitative estimate of drug-likeness (QED) is 0.769. The number of piperazine rings is 1. The van der Waals surface area contributed by atoms with Crippen molar-refractivity contribution in [3.8, 4) is 5.75 Å². The lowest BCUT2D eigenvalue weighted by molar-refractivity contribution is 0.0746. The van der Waals surface area contributed by atoms with Crippen molar-refractivity contribution < 1.29 is 17.9 Å². The minimum atomic E-state index is -3.33. The smallest absolute Gasteiger partial charge is 0.253 e. The highest BCUT2D eigenvalue weighted by Crippen LogP contribution is 2.28. The van der Waals surface area contributed by atoms with Crippen molar-refractivity contribution in [1.29, 1.82) is 0 Å². The SMILES string of the molecule is COc1ccccc1N1CCN(C(=O)c2ccc(S(=O)(=O)C(C)C)cc2)CC1. The first-order valence-corrected chi connectivity index (χ1v) is 10.9. The highest BCUT2D eigenvalue weighted by molar-refractivity contribution is 7.92. The second kappa shape index (κ2) is 8.22. The van der Waals surface area contributed by atoms with Crippen LogP contribution < -0.4 is 9.64 Å². The number of hydrogen-bond donors (Lipinski definition) is 0. The molecule has 1 fully saturated rings. The van der Waals surface area contributed by atoms with E-state index in [-0.39, 0.29) is 10.8 Å². The molecular formula is C21H26N2O4S. The molecule has 1 heterocycles. The first kappa shape index (κ1) is 20.2. The van der Waals surface area contributed by atoms with Gasteiger partial charge in [-0.15, -0.1) is 0 Å². The number of amides is 1. The van der Waals surface area contributed by atoms with Crippen molar-refractivity contribution in [2.75, 3.05) is 38.2 Å². The van der Waals surface area contributed by atoms with E-state index in [1.807, 2.05) is 24.3 Å². The van der Waals surface area contributed by atoms with E-state index in [1.165, 1.54) is 12.1 Å². The summed E-state index contributed by atoms with van der Waals surface area (Å²) >= 11 is 0. The predicted molar refractivity (Wildman–Crippen MR) is 110 cm³/mol. The van der Waals surface area contributed by atoms with E-state index in [0.29, 0.717) is 31.7 Å². The fraction of sp³-hybridized carbons (Fsp3) is 0.381. The Kier molecular flexibility index (Phi) is 5.93. The van der Waals surface area contributed by atoms with Gasteiger partial charge in [0.1, 0.15) is 5.75 Å². The summed E-state index contributed by atoms with van der Waals surface area (Å²) in [6.07, 6.45) is 0. The van der Waals surface area contributed by atoms with Gasteiger partial charge in [0.15, 0.2) is 9.84 Å². The number of rotatable bonds is 5. The molecule has 0 radical (unpaired) electrons. The average molecular weight is 403 g/mol. The first-order valence-electron chi connectivity index (χ1n) is 9.36. The van der Waals surface area contributed by atoms with Gasteiger partial charge in [-0.2, -0.15) is 0 Å². The lowest BCUT2D eigenvalue weighted by Crippen LogP contribution is -2.48. The van der Waals surface area contributed by atoms with Crippen LogP contribution in [0.3, 0.4) is 0 Å². The molecule has 0 N–H and O–H groups in total. The third-order valence-corrected chi connectivity index (χ3v) is 7.21. The van der Waals surface area contributed by atoms with Gasteiger partial charge in [0.25, 0.3) is 5.91 Å². The van der Waals surface area contributed by atoms with Gasteiger partial charge >= 0.3 is 0 Å². The van der Waals surface area contributed by atoms with Crippen molar-refractivity contribution in [3.63, 3.8) is 0 Å². The van der Waals surface area contributed by atoms with E-state index < -0.39 is 15.1 Å². The second-order valence-corrected chi connectivity index (χ2v) is 9.57. The maximum absolute atomic E-state index is 12.8. The topological polar surface area (TPSA) is 66.9 Å². The molecule has 1 aliphatic rings. The zero-order valence-corrected chi connectivity index (χ0v) is 17.3. The third kappa shape index (κ3) is 3.99. The molecule has 0 aliphatic carbocycles. The molecule has 0 saturated carbocycles. The van der Waals surface area contributed by atoms with Gasteiger partial charge < -0.3 is 14.5 Å². The van der Waals surface area contributed by atoms with Crippen LogP contribution in [0, 0.1) is 0 Å². The monoisotopic (exact) mass is 402 g/mol. The Labute approximate surface area is 166 Å². The molecule has 7 heteroatoms. The molecule has 2 aromatic rings. The predicted octanol–water partition coefficient (Wildman–Crippen LogP) is 2.84. The maximum atomic E-state index is 12.8. The van der Waals surface area contributed by atoms with Crippen LogP contribution in [0.2, 0.25) is 0 Å². The van der Waals surface area contributed by atoms with Gasteiger partial charge in [0.2, 0.25) is 0 Å². The average Bonchev–Trinajstić information content (AvgIpc) is 2.73. The Morgan fingerprint density at radius 3 is 2.14 bits per heavy atom. The molecule has 1 amide bonds. The number of sulfone groups is 1. The highest BCUT2D eigenvalue weighted by Gasteiger charge is 2.24. The lowest BCUT2D eigenvalue weighted by atomic mass is 10.1. The van der Waals surface area contributed by atoms with E-state index >= 15 is 0 Å². The van der Waals surface area contributed by atoms with Crippen LogP contribution in [0.5, 0.6) is 5.75 Å². The van der Waals surface area contributed by atoms with Gasteiger partial charge in [-0.25, -0.2) is 8.42 Å². The normalized spacial score (nSPS) is 15.0. The molecule has 0 aromatic heterocycles. The number of carbonyl (C=O) groups excluding carboxylic acids is 1. The number of nitrogens with zero attached hydrogens (tertiary/aromatic N) is 2. The summed E-state index contributed by atoms with van der Waals surface area (Å²) < 4.78 is 29.9. The summed E-state index contributed by atoms with van der Waals surface area (Å²) in [5, 5.41) is -0.489. The second-order valence-electron chi connectivity index (χ2n) is 7.07. The van der Waals surface area contributed by atoms with E-state index in [9.17, 15) is 13.2 Å². The molecule has 28 heavy (non-hydrogen) atoms. The Balaban J connectivity index is 1.67. The molecule has 0 atom stereocenters. The van der Waals surface area contributed by atoms with Gasteiger partial charge in [-0.3, -0.25) is 4.79 Å². The summed E-state index contributed by atoms with van der Waals surface area (Å²) in [5.41, 5.74) is 1.54. The van der Waals surface area contributed by atoms with Crippen molar-refractivity contribution >= 4 is 21.4 Å². The summed E-state index contributed by atoms with van der Waals surface area (Å²) in [6, 6.07) is 14.1. The Bertz CT molecular complexity index is 931. The Hall–Kier alpha value is -2.54. The molecule has 150 valence electrons. The molecule has 0 spiro atoms. The maximum Gasteiger partial charge on any atom is 0.253 e. The number of anilines is 1. The lowest BCUT2D eigenvalue weighted by Gasteiger charge is -2.36. The number of carbonyl (C=O) groups is 1. The summed E-state index contributed by atoms with van der Waals surface area (Å²) in [5.74, 6) is 0.748. The van der Waals surface area contributed by atoms with Crippen LogP contribution in [0.25, 0.3) is 0 Å². The van der Waals surface area contributed by atoms with Crippen LogP contribution in [-0.2, 0) is 9.84 Å². The van der Waals surface area contributed by atoms with Crippen LogP contribution in [0.1, 0.15) is 24.2 Å². The van der Waals surface area contributed by atoms with Gasteiger partial charge in [0.05, 0.1) is 22.9 Å². The third-order valence-electron chi connectivity index (χ3n) is 5.04. The standard InChI is InChI=1S/C21H26N2O4S/c1-16(2)28(25,26)18-10-8-17(9-11-18)21(24)23-14-12-22(13-15-23)19-6-4-5-7-20(19)27-3/h4-11,16H,12-15H2,1-3H3. The van der Waals surface area contributed by atoms with E-state index in [4.69, 9.17) is 4.74 Å². The van der Waals surface area contributed by atoms with E-state index in [2.05, 4.69) is 4.90 Å². The summed E-state index contributed by atoms with van der Waals surface area (Å²) in [7, 11) is -1.68. The first-order chi connectivity index (χ1) is 13.3. The van der Waals surface area contributed by atoms with E-state index in [0.717, 1.165) is 11.4 Å². The molecule has 6 nitrogen and oxygen atoms in total. The van der Waals surface area contributed by atoms with E-state index in [1.54, 1.807) is 38.0 Å². The van der Waals surface area contributed by atoms with Crippen molar-refractivity contribution in [3.05, 3.63) is 54.1 Å². The van der Waals surface area contributed by atoms with Crippen molar-refractivity contribution in [1.82, 2.24) is 4.90 Å². The molecule has 1 aliphatic heterocycles. The molecule has 3 rings (SSSR count). The minimum Gasteiger partial charge on any atom is -0.495 e. The Morgan fingerprint density at radius 2 is 1.57 bits per heavy atom. The molecular weight excluding hydrogens is 376 g/mol.